The lowest BCUT2D eigenvalue weighted by Gasteiger charge is -2.43. The van der Waals surface area contributed by atoms with Crippen LogP contribution in [0.1, 0.15) is 6.92 Å². The van der Waals surface area contributed by atoms with Crippen molar-refractivity contribution in [2.45, 2.75) is 23.3 Å². The number of aliphatic carboxylic acids is 1. The summed E-state index contributed by atoms with van der Waals surface area (Å²) in [5.41, 5.74) is 0.717. The molecule has 4 unspecified atom stereocenters. The third-order valence-corrected chi connectivity index (χ3v) is 8.16. The van der Waals surface area contributed by atoms with Gasteiger partial charge < -0.3 is 10.2 Å². The SMILES string of the molecule is CC(O)C1C(=O)N2C(C(=O)O)=C(CN3c4cccc5cccc(c45)S3=O)SC12. The molecule has 9 heteroatoms. The molecule has 2 aromatic rings. The van der Waals surface area contributed by atoms with Crippen molar-refractivity contribution in [2.75, 3.05) is 10.8 Å². The van der Waals surface area contributed by atoms with Gasteiger partial charge in [-0.2, -0.15) is 0 Å². The van der Waals surface area contributed by atoms with Gasteiger partial charge in [-0.15, -0.1) is 0 Å². The summed E-state index contributed by atoms with van der Waals surface area (Å²) in [6, 6.07) is 11.3. The van der Waals surface area contributed by atoms with Gasteiger partial charge in [0.05, 0.1) is 29.1 Å². The molecule has 7 nitrogen and oxygen atoms in total. The lowest BCUT2D eigenvalue weighted by molar-refractivity contribution is -0.156. The van der Waals surface area contributed by atoms with E-state index in [2.05, 4.69) is 0 Å². The largest absolute Gasteiger partial charge is 0.477 e. The van der Waals surface area contributed by atoms with Crippen LogP contribution in [0.25, 0.3) is 10.8 Å². The second-order valence-electron chi connectivity index (χ2n) is 6.98. The molecule has 0 spiro atoms. The van der Waals surface area contributed by atoms with Crippen LogP contribution < -0.4 is 4.31 Å². The Labute approximate surface area is 167 Å². The zero-order chi connectivity index (χ0) is 19.7. The summed E-state index contributed by atoms with van der Waals surface area (Å²) in [6.45, 7) is 1.66. The normalized spacial score (nSPS) is 26.6. The first-order valence-electron chi connectivity index (χ1n) is 8.75. The Hall–Kier alpha value is -2.36. The van der Waals surface area contributed by atoms with Gasteiger partial charge in [0.1, 0.15) is 11.1 Å². The number of β-lactam (4-membered cyclic amide) rings is 1. The summed E-state index contributed by atoms with van der Waals surface area (Å²) in [4.78, 5) is 26.7. The molecule has 3 aliphatic heterocycles. The fraction of sp³-hybridized carbons (Fsp3) is 0.263. The standard InChI is InChI=1S/C19H16N2O5S2/c1-9(22)14-17(23)21-16(19(24)25)12(27-18(14)21)8-20-11-6-2-4-10-5-3-7-13(15(10)11)28(20)26/h2-7,9,14,18,22H,8H2,1H3,(H,24,25). The maximum Gasteiger partial charge on any atom is 0.353 e. The number of benzene rings is 2. The van der Waals surface area contributed by atoms with Gasteiger partial charge in [0.15, 0.2) is 11.0 Å². The first-order valence-corrected chi connectivity index (χ1v) is 10.7. The molecule has 0 aromatic heterocycles. The van der Waals surface area contributed by atoms with Gasteiger partial charge >= 0.3 is 5.97 Å². The number of hydrogen-bond donors (Lipinski definition) is 2. The summed E-state index contributed by atoms with van der Waals surface area (Å²) in [7, 11) is -1.46. The first kappa shape index (κ1) is 17.7. The van der Waals surface area contributed by atoms with Crippen molar-refractivity contribution in [1.82, 2.24) is 4.90 Å². The van der Waals surface area contributed by atoms with Crippen molar-refractivity contribution in [3.63, 3.8) is 0 Å². The van der Waals surface area contributed by atoms with Gasteiger partial charge in [-0.1, -0.05) is 36.0 Å². The summed E-state index contributed by atoms with van der Waals surface area (Å²) >= 11 is 1.26. The predicted octanol–water partition coefficient (Wildman–Crippen LogP) is 1.89. The number of carbonyl (C=O) groups excluding carboxylic acids is 1. The highest BCUT2D eigenvalue weighted by molar-refractivity contribution is 8.04. The molecule has 1 fully saturated rings. The number of thioether (sulfide) groups is 1. The Morgan fingerprint density at radius 3 is 2.68 bits per heavy atom. The van der Waals surface area contributed by atoms with Crippen LogP contribution in [-0.2, 0) is 20.6 Å². The number of carboxylic acids is 1. The molecule has 1 saturated heterocycles. The summed E-state index contributed by atoms with van der Waals surface area (Å²) in [6.07, 6.45) is -0.852. The van der Waals surface area contributed by atoms with E-state index in [-0.39, 0.29) is 18.1 Å². The maximum atomic E-state index is 13.1. The monoisotopic (exact) mass is 416 g/mol. The Kier molecular flexibility index (Phi) is 3.84. The zero-order valence-electron chi connectivity index (χ0n) is 14.7. The maximum absolute atomic E-state index is 13.1. The van der Waals surface area contributed by atoms with Crippen LogP contribution >= 0.6 is 11.8 Å². The molecule has 0 aliphatic carbocycles. The van der Waals surface area contributed by atoms with Crippen LogP contribution in [-0.4, -0.2) is 49.2 Å². The molecular formula is C19H16N2O5S2. The number of carboxylic acid groups (broad SMARTS) is 1. The highest BCUT2D eigenvalue weighted by Crippen LogP contribution is 2.51. The summed E-state index contributed by atoms with van der Waals surface area (Å²) < 4.78 is 14.8. The van der Waals surface area contributed by atoms with Crippen LogP contribution in [0.2, 0.25) is 0 Å². The number of anilines is 1. The molecular weight excluding hydrogens is 400 g/mol. The van der Waals surface area contributed by atoms with Crippen molar-refractivity contribution in [3.8, 4) is 0 Å². The fourth-order valence-electron chi connectivity index (χ4n) is 4.09. The fourth-order valence-corrected chi connectivity index (χ4v) is 7.17. The van der Waals surface area contributed by atoms with Gasteiger partial charge in [0.25, 0.3) is 0 Å². The molecule has 0 saturated carbocycles. The topological polar surface area (TPSA) is 98.2 Å². The molecule has 0 bridgehead atoms. The highest BCUT2D eigenvalue weighted by Gasteiger charge is 2.57. The summed E-state index contributed by atoms with van der Waals surface area (Å²) in [5.74, 6) is -2.20. The van der Waals surface area contributed by atoms with Crippen LogP contribution in [0.5, 0.6) is 0 Å². The quantitative estimate of drug-likeness (QED) is 0.739. The first-order chi connectivity index (χ1) is 13.4. The van der Waals surface area contributed by atoms with Gasteiger partial charge in [0.2, 0.25) is 5.91 Å². The molecule has 28 heavy (non-hydrogen) atoms. The van der Waals surface area contributed by atoms with Crippen molar-refractivity contribution >= 4 is 51.1 Å². The number of rotatable bonds is 4. The van der Waals surface area contributed by atoms with Gasteiger partial charge in [-0.25, -0.2) is 9.00 Å². The third kappa shape index (κ3) is 2.23. The van der Waals surface area contributed by atoms with E-state index in [9.17, 15) is 24.0 Å². The lowest BCUT2D eigenvalue weighted by atomic mass is 9.92. The number of hydrogen-bond acceptors (Lipinski definition) is 5. The minimum atomic E-state index is -1.46. The van der Waals surface area contributed by atoms with Crippen molar-refractivity contribution < 1.29 is 24.0 Å². The Bertz CT molecular complexity index is 1110. The van der Waals surface area contributed by atoms with Crippen LogP contribution in [0, 0.1) is 5.92 Å². The van der Waals surface area contributed by atoms with E-state index in [0.29, 0.717) is 9.80 Å². The zero-order valence-corrected chi connectivity index (χ0v) is 16.4. The molecule has 3 heterocycles. The molecule has 1 amide bonds. The number of aliphatic hydroxyl groups is 1. The third-order valence-electron chi connectivity index (χ3n) is 5.36. The van der Waals surface area contributed by atoms with E-state index in [1.54, 1.807) is 4.31 Å². The van der Waals surface area contributed by atoms with Gasteiger partial charge in [-0.05, 0) is 24.4 Å². The molecule has 2 aromatic carbocycles. The average molecular weight is 416 g/mol. The van der Waals surface area contributed by atoms with Crippen molar-refractivity contribution in [1.29, 1.82) is 0 Å². The van der Waals surface area contributed by atoms with Crippen molar-refractivity contribution in [3.05, 3.63) is 47.0 Å². The molecule has 0 radical (unpaired) electrons. The molecule has 5 rings (SSSR count). The number of carbonyl (C=O) groups is 2. The number of fused-ring (bicyclic) bond motifs is 1. The lowest BCUT2D eigenvalue weighted by Crippen LogP contribution is -2.60. The molecule has 4 atom stereocenters. The molecule has 3 aliphatic rings. The van der Waals surface area contributed by atoms with E-state index in [1.165, 1.54) is 23.6 Å². The number of nitrogens with zero attached hydrogens (tertiary/aromatic N) is 2. The van der Waals surface area contributed by atoms with Gasteiger partial charge in [0, 0.05) is 10.3 Å². The van der Waals surface area contributed by atoms with E-state index < -0.39 is 34.4 Å². The minimum absolute atomic E-state index is 0.0722. The Balaban J connectivity index is 1.54. The van der Waals surface area contributed by atoms with E-state index >= 15 is 0 Å². The van der Waals surface area contributed by atoms with Crippen LogP contribution in [0.3, 0.4) is 0 Å². The second-order valence-corrected chi connectivity index (χ2v) is 9.57. The van der Waals surface area contributed by atoms with Crippen LogP contribution in [0.15, 0.2) is 51.9 Å². The van der Waals surface area contributed by atoms with E-state index in [4.69, 9.17) is 0 Å². The summed E-state index contributed by atoms with van der Waals surface area (Å²) in [5, 5.41) is 21.0. The second kappa shape index (κ2) is 6.07. The molecule has 144 valence electrons. The number of amides is 1. The van der Waals surface area contributed by atoms with E-state index in [0.717, 1.165) is 16.5 Å². The van der Waals surface area contributed by atoms with E-state index in [1.807, 2.05) is 36.4 Å². The highest BCUT2D eigenvalue weighted by atomic mass is 32.2. The minimum Gasteiger partial charge on any atom is -0.477 e. The van der Waals surface area contributed by atoms with Gasteiger partial charge in [-0.3, -0.25) is 14.0 Å². The Morgan fingerprint density at radius 1 is 1.29 bits per heavy atom. The van der Waals surface area contributed by atoms with Crippen molar-refractivity contribution in [2.24, 2.45) is 5.92 Å². The predicted molar refractivity (Wildman–Crippen MR) is 106 cm³/mol. The Morgan fingerprint density at radius 2 is 2.00 bits per heavy atom. The number of aliphatic hydroxyl groups excluding tert-OH is 1. The molecule has 2 N–H and O–H groups in total. The smallest absolute Gasteiger partial charge is 0.353 e. The average Bonchev–Trinajstić information content (AvgIpc) is 3.11. The van der Waals surface area contributed by atoms with Crippen LogP contribution in [0.4, 0.5) is 5.69 Å².